The molecule has 5 nitrogen and oxygen atoms in total. The normalized spacial score (nSPS) is 50.9. The number of oxime groups is 2. The van der Waals surface area contributed by atoms with Crippen molar-refractivity contribution >= 4 is 11.4 Å². The summed E-state index contributed by atoms with van der Waals surface area (Å²) in [6.45, 7) is 4.81. The van der Waals surface area contributed by atoms with E-state index in [-0.39, 0.29) is 16.9 Å². The fraction of sp³-hybridized carbons (Fsp3) is 0.905. The highest BCUT2D eigenvalue weighted by atomic mass is 16.6. The summed E-state index contributed by atoms with van der Waals surface area (Å²) in [6, 6.07) is 0. The van der Waals surface area contributed by atoms with E-state index in [1.54, 1.807) is 14.2 Å². The van der Waals surface area contributed by atoms with Gasteiger partial charge >= 0.3 is 0 Å². The Kier molecular flexibility index (Phi) is 4.57. The number of hydrogen-bond acceptors (Lipinski definition) is 5. The SMILES string of the molecule is CO/N=C1\CCC2(C)C(C1)/C(=N/OC)CC1C3CCC(O)C3(C)CCC12. The number of aliphatic hydroxyl groups is 1. The van der Waals surface area contributed by atoms with Crippen LogP contribution in [0.5, 0.6) is 0 Å². The topological polar surface area (TPSA) is 63.4 Å². The van der Waals surface area contributed by atoms with Crippen LogP contribution in [0, 0.1) is 34.5 Å². The Labute approximate surface area is 157 Å². The number of nitrogens with zero attached hydrogens (tertiary/aromatic N) is 2. The van der Waals surface area contributed by atoms with Gasteiger partial charge in [-0.1, -0.05) is 24.2 Å². The lowest BCUT2D eigenvalue weighted by Gasteiger charge is -2.60. The minimum atomic E-state index is -0.131. The van der Waals surface area contributed by atoms with Crippen molar-refractivity contribution in [3.05, 3.63) is 0 Å². The third kappa shape index (κ3) is 2.53. The lowest BCUT2D eigenvalue weighted by atomic mass is 9.44. The average molecular weight is 363 g/mol. The Bertz CT molecular complexity index is 618. The quantitative estimate of drug-likeness (QED) is 0.755. The van der Waals surface area contributed by atoms with Crippen molar-refractivity contribution in [2.45, 2.75) is 71.3 Å². The van der Waals surface area contributed by atoms with Gasteiger partial charge in [0, 0.05) is 5.92 Å². The van der Waals surface area contributed by atoms with Gasteiger partial charge < -0.3 is 14.8 Å². The van der Waals surface area contributed by atoms with Crippen molar-refractivity contribution in [1.29, 1.82) is 0 Å². The first-order chi connectivity index (χ1) is 12.4. The van der Waals surface area contributed by atoms with Gasteiger partial charge in [-0.25, -0.2) is 0 Å². The predicted octanol–water partition coefficient (Wildman–Crippen LogP) is 4.00. The zero-order valence-corrected chi connectivity index (χ0v) is 16.7. The maximum absolute atomic E-state index is 10.6. The molecule has 0 bridgehead atoms. The van der Waals surface area contributed by atoms with Crippen LogP contribution in [0.25, 0.3) is 0 Å². The lowest BCUT2D eigenvalue weighted by molar-refractivity contribution is -0.0850. The zero-order chi connectivity index (χ0) is 18.5. The van der Waals surface area contributed by atoms with Crippen molar-refractivity contribution in [2.75, 3.05) is 14.2 Å². The summed E-state index contributed by atoms with van der Waals surface area (Å²) in [5, 5.41) is 19.4. The van der Waals surface area contributed by atoms with Crippen LogP contribution in [0.1, 0.15) is 65.2 Å². The molecule has 26 heavy (non-hydrogen) atoms. The second-order valence-electron chi connectivity index (χ2n) is 9.59. The summed E-state index contributed by atoms with van der Waals surface area (Å²) < 4.78 is 0. The summed E-state index contributed by atoms with van der Waals surface area (Å²) in [6.07, 6.45) is 8.53. The summed E-state index contributed by atoms with van der Waals surface area (Å²) >= 11 is 0. The Morgan fingerprint density at radius 2 is 1.65 bits per heavy atom. The van der Waals surface area contributed by atoms with Crippen molar-refractivity contribution in [3.63, 3.8) is 0 Å². The molecule has 146 valence electrons. The molecular weight excluding hydrogens is 328 g/mol. The van der Waals surface area contributed by atoms with Gasteiger partial charge in [0.2, 0.25) is 0 Å². The molecule has 4 aliphatic rings. The molecule has 0 spiro atoms. The number of rotatable bonds is 2. The lowest BCUT2D eigenvalue weighted by Crippen LogP contribution is -2.57. The van der Waals surface area contributed by atoms with Crippen molar-refractivity contribution < 1.29 is 14.8 Å². The van der Waals surface area contributed by atoms with Gasteiger partial charge in [0.15, 0.2) is 0 Å². The Balaban J connectivity index is 1.69. The molecule has 0 heterocycles. The molecule has 5 heteroatoms. The second kappa shape index (κ2) is 6.50. The molecule has 4 fully saturated rings. The third-order valence-corrected chi connectivity index (χ3v) is 8.70. The summed E-state index contributed by atoms with van der Waals surface area (Å²) in [5.74, 6) is 2.37. The van der Waals surface area contributed by atoms with Gasteiger partial charge in [0.25, 0.3) is 0 Å². The Morgan fingerprint density at radius 3 is 2.38 bits per heavy atom. The zero-order valence-electron chi connectivity index (χ0n) is 16.7. The summed E-state index contributed by atoms with van der Waals surface area (Å²) in [7, 11) is 3.29. The Hall–Kier alpha value is -1.10. The van der Waals surface area contributed by atoms with E-state index >= 15 is 0 Å². The third-order valence-electron chi connectivity index (χ3n) is 8.70. The molecule has 0 amide bonds. The van der Waals surface area contributed by atoms with Crippen molar-refractivity contribution in [2.24, 2.45) is 44.8 Å². The van der Waals surface area contributed by atoms with Gasteiger partial charge in [0.05, 0.1) is 17.5 Å². The summed E-state index contributed by atoms with van der Waals surface area (Å²) in [4.78, 5) is 10.3. The van der Waals surface area contributed by atoms with E-state index in [1.165, 1.54) is 12.1 Å². The van der Waals surface area contributed by atoms with Gasteiger partial charge in [-0.3, -0.25) is 0 Å². The molecule has 4 saturated carbocycles. The van der Waals surface area contributed by atoms with E-state index in [1.807, 2.05) is 0 Å². The monoisotopic (exact) mass is 362 g/mol. The van der Waals surface area contributed by atoms with Crippen LogP contribution in [0.2, 0.25) is 0 Å². The fourth-order valence-electron chi connectivity index (χ4n) is 7.28. The molecule has 0 aliphatic heterocycles. The van der Waals surface area contributed by atoms with E-state index in [9.17, 15) is 5.11 Å². The largest absolute Gasteiger partial charge is 0.399 e. The fourth-order valence-corrected chi connectivity index (χ4v) is 7.28. The molecule has 0 aromatic heterocycles. The summed E-state index contributed by atoms with van der Waals surface area (Å²) in [5.41, 5.74) is 2.72. The maximum Gasteiger partial charge on any atom is 0.106 e. The molecule has 0 aromatic carbocycles. The maximum atomic E-state index is 10.6. The molecule has 4 rings (SSSR count). The number of aliphatic hydroxyl groups excluding tert-OH is 1. The second-order valence-corrected chi connectivity index (χ2v) is 9.59. The minimum absolute atomic E-state index is 0.0971. The number of hydrogen-bond donors (Lipinski definition) is 1. The van der Waals surface area contributed by atoms with Gasteiger partial charge in [-0.15, -0.1) is 0 Å². The first-order valence-electron chi connectivity index (χ1n) is 10.3. The highest BCUT2D eigenvalue weighted by Gasteiger charge is 2.61. The molecule has 1 N–H and O–H groups in total. The standard InChI is InChI=1S/C21H34N2O3/c1-20-9-7-13(22-25-3)11-17(20)18(23-26-4)12-14-15-5-6-19(24)21(15,2)10-8-16(14)20/h14-17,19,24H,5-12H2,1-4H3/b22-13+,23-18+. The first-order valence-corrected chi connectivity index (χ1v) is 10.3. The van der Waals surface area contributed by atoms with Crippen LogP contribution in [-0.4, -0.2) is 36.9 Å². The number of fused-ring (bicyclic) bond motifs is 5. The predicted molar refractivity (Wildman–Crippen MR) is 102 cm³/mol. The molecule has 0 saturated heterocycles. The molecule has 7 atom stereocenters. The van der Waals surface area contributed by atoms with E-state index in [0.717, 1.165) is 56.6 Å². The van der Waals surface area contributed by atoms with Crippen LogP contribution in [0.3, 0.4) is 0 Å². The molecular formula is C21H34N2O3. The van der Waals surface area contributed by atoms with Crippen LogP contribution in [-0.2, 0) is 9.68 Å². The van der Waals surface area contributed by atoms with E-state index in [0.29, 0.717) is 17.8 Å². The van der Waals surface area contributed by atoms with Gasteiger partial charge in [0.1, 0.15) is 14.2 Å². The smallest absolute Gasteiger partial charge is 0.106 e. The van der Waals surface area contributed by atoms with E-state index in [4.69, 9.17) is 9.68 Å². The van der Waals surface area contributed by atoms with Crippen molar-refractivity contribution in [1.82, 2.24) is 0 Å². The Morgan fingerprint density at radius 1 is 0.923 bits per heavy atom. The van der Waals surface area contributed by atoms with Crippen LogP contribution >= 0.6 is 0 Å². The average Bonchev–Trinajstić information content (AvgIpc) is 2.92. The molecule has 4 aliphatic carbocycles. The van der Waals surface area contributed by atoms with Gasteiger partial charge in [-0.05, 0) is 80.0 Å². The molecule has 0 radical (unpaired) electrons. The van der Waals surface area contributed by atoms with Crippen LogP contribution in [0.15, 0.2) is 10.3 Å². The minimum Gasteiger partial charge on any atom is -0.399 e. The molecule has 7 unspecified atom stereocenters. The highest BCUT2D eigenvalue weighted by molar-refractivity contribution is 5.95. The van der Waals surface area contributed by atoms with Crippen molar-refractivity contribution in [3.8, 4) is 0 Å². The molecule has 0 aromatic rings. The van der Waals surface area contributed by atoms with E-state index < -0.39 is 0 Å². The van der Waals surface area contributed by atoms with Gasteiger partial charge in [-0.2, -0.15) is 0 Å². The highest BCUT2D eigenvalue weighted by Crippen LogP contribution is 2.65. The van der Waals surface area contributed by atoms with Crippen LogP contribution < -0.4 is 0 Å². The first kappa shape index (κ1) is 18.3. The van der Waals surface area contributed by atoms with E-state index in [2.05, 4.69) is 24.2 Å². The van der Waals surface area contributed by atoms with Crippen LogP contribution in [0.4, 0.5) is 0 Å².